The summed E-state index contributed by atoms with van der Waals surface area (Å²) in [6, 6.07) is 0. The Morgan fingerprint density at radius 1 is 1.12 bits per heavy atom. The first-order valence-electron chi connectivity index (χ1n) is 11.4. The van der Waals surface area contributed by atoms with E-state index in [9.17, 15) is 19.8 Å². The first-order chi connectivity index (χ1) is 14.9. The van der Waals surface area contributed by atoms with E-state index < -0.39 is 34.1 Å². The summed E-state index contributed by atoms with van der Waals surface area (Å²) in [6.45, 7) is 8.08. The Balaban J connectivity index is 1.71. The highest BCUT2D eigenvalue weighted by atomic mass is 16.5. The Labute approximate surface area is 188 Å². The van der Waals surface area contributed by atoms with Gasteiger partial charge in [0.2, 0.25) is 0 Å². The molecular formula is C25H32O7. The number of hydrogen-bond acceptors (Lipinski definition) is 7. The van der Waals surface area contributed by atoms with E-state index in [-0.39, 0.29) is 12.5 Å². The minimum Gasteiger partial charge on any atom is -0.495 e. The van der Waals surface area contributed by atoms with E-state index in [1.54, 1.807) is 0 Å². The summed E-state index contributed by atoms with van der Waals surface area (Å²) in [5, 5.41) is 22.9. The second kappa shape index (κ2) is 6.48. The molecule has 2 aliphatic heterocycles. The van der Waals surface area contributed by atoms with Crippen molar-refractivity contribution in [2.45, 2.75) is 83.7 Å². The predicted octanol–water partition coefficient (Wildman–Crippen LogP) is 3.20. The molecule has 2 saturated carbocycles. The van der Waals surface area contributed by atoms with Crippen LogP contribution in [0.15, 0.2) is 0 Å². The number of aliphatic hydroxyl groups is 2. The van der Waals surface area contributed by atoms with Crippen molar-refractivity contribution >= 4 is 12.3 Å². The van der Waals surface area contributed by atoms with Gasteiger partial charge < -0.3 is 24.4 Å². The number of ether oxygens (including phenoxy) is 3. The highest BCUT2D eigenvalue weighted by Gasteiger charge is 2.70. The zero-order valence-electron chi connectivity index (χ0n) is 19.4. The number of rotatable bonds is 2. The molecule has 1 aromatic carbocycles. The summed E-state index contributed by atoms with van der Waals surface area (Å²) in [5.74, 6) is 0.274. The van der Waals surface area contributed by atoms with E-state index in [1.165, 1.54) is 7.11 Å². The molecule has 0 radical (unpaired) electrons. The number of fused-ring (bicyclic) bond motifs is 5. The molecule has 174 valence electrons. The van der Waals surface area contributed by atoms with Crippen LogP contribution in [-0.4, -0.2) is 46.9 Å². The summed E-state index contributed by atoms with van der Waals surface area (Å²) >= 11 is 0. The van der Waals surface area contributed by atoms with Crippen LogP contribution in [0.4, 0.5) is 0 Å². The summed E-state index contributed by atoms with van der Waals surface area (Å²) in [5.41, 5.74) is -1.05. The molecule has 2 N–H and O–H groups in total. The van der Waals surface area contributed by atoms with Crippen LogP contribution >= 0.6 is 0 Å². The minimum absolute atomic E-state index is 0.0267. The molecule has 0 amide bonds. The number of aliphatic hydroxyl groups excluding tert-OH is 1. The van der Waals surface area contributed by atoms with E-state index in [0.29, 0.717) is 65.9 Å². The standard InChI is InChI=1S/C25H32O7/c1-22(2)17(27)6-7-23(3)16-10-13-19(32-24(16,4)8-9-25(22,23)29)14(11-26)15-12-31-21(28)18(15)20(13)30-5/h11,16-17,27,29H,6-10,12H2,1-5H3/t16-,17-,23-,24-,25-/m1/s1. The molecule has 4 aliphatic rings. The van der Waals surface area contributed by atoms with Gasteiger partial charge in [-0.05, 0) is 39.0 Å². The third kappa shape index (κ3) is 2.34. The quantitative estimate of drug-likeness (QED) is 0.533. The lowest BCUT2D eigenvalue weighted by Gasteiger charge is -2.68. The molecule has 0 saturated heterocycles. The van der Waals surface area contributed by atoms with Crippen LogP contribution in [0.2, 0.25) is 0 Å². The number of methoxy groups -OCH3 is 1. The molecular weight excluding hydrogens is 412 g/mol. The summed E-state index contributed by atoms with van der Waals surface area (Å²) in [6.07, 6.45) is 2.99. The van der Waals surface area contributed by atoms with Gasteiger partial charge in [0.05, 0.1) is 24.4 Å². The van der Waals surface area contributed by atoms with Crippen molar-refractivity contribution < 1.29 is 34.0 Å². The van der Waals surface area contributed by atoms with Crippen LogP contribution in [0.1, 0.15) is 85.2 Å². The zero-order valence-corrected chi connectivity index (χ0v) is 19.4. The number of aldehydes is 1. The summed E-state index contributed by atoms with van der Waals surface area (Å²) < 4.78 is 17.6. The van der Waals surface area contributed by atoms with Gasteiger partial charge in [-0.15, -0.1) is 0 Å². The molecule has 2 aliphatic carbocycles. The smallest absolute Gasteiger partial charge is 0.342 e. The van der Waals surface area contributed by atoms with Crippen molar-refractivity contribution in [1.82, 2.24) is 0 Å². The number of carbonyl (C=O) groups excluding carboxylic acids is 2. The minimum atomic E-state index is -1.08. The maximum Gasteiger partial charge on any atom is 0.342 e. The first-order valence-corrected chi connectivity index (χ1v) is 11.4. The van der Waals surface area contributed by atoms with Gasteiger partial charge in [-0.25, -0.2) is 4.79 Å². The third-order valence-electron chi connectivity index (χ3n) is 9.53. The predicted molar refractivity (Wildman–Crippen MR) is 115 cm³/mol. The van der Waals surface area contributed by atoms with E-state index in [2.05, 4.69) is 13.8 Å². The van der Waals surface area contributed by atoms with Gasteiger partial charge in [0.25, 0.3) is 0 Å². The molecule has 0 bridgehead atoms. The van der Waals surface area contributed by atoms with Crippen LogP contribution in [-0.2, 0) is 17.8 Å². The molecule has 7 nitrogen and oxygen atoms in total. The zero-order chi connectivity index (χ0) is 23.3. The Morgan fingerprint density at radius 2 is 1.84 bits per heavy atom. The Hall–Kier alpha value is -2.12. The molecule has 2 fully saturated rings. The average molecular weight is 445 g/mol. The van der Waals surface area contributed by atoms with Gasteiger partial charge in [-0.3, -0.25) is 4.79 Å². The number of carbonyl (C=O) groups is 2. The number of esters is 1. The Kier molecular flexibility index (Phi) is 4.39. The van der Waals surface area contributed by atoms with Gasteiger partial charge in [-0.1, -0.05) is 20.8 Å². The first kappa shape index (κ1) is 21.7. The van der Waals surface area contributed by atoms with Crippen LogP contribution in [0.25, 0.3) is 0 Å². The van der Waals surface area contributed by atoms with Crippen LogP contribution in [0, 0.1) is 16.7 Å². The molecule has 1 aromatic rings. The Morgan fingerprint density at radius 3 is 2.50 bits per heavy atom. The molecule has 0 spiro atoms. The summed E-state index contributed by atoms with van der Waals surface area (Å²) in [4.78, 5) is 24.6. The van der Waals surface area contributed by atoms with Crippen molar-refractivity contribution in [1.29, 1.82) is 0 Å². The molecule has 0 aromatic heterocycles. The SMILES string of the molecule is COc1c2c(c(C=O)c3c1C(=O)OC3)O[C@]1(C)CC[C@@]3(O)C(C)(C)[C@H](O)CC[C@]3(C)[C@H]1C2. The van der Waals surface area contributed by atoms with Crippen molar-refractivity contribution in [3.05, 3.63) is 22.3 Å². The fraction of sp³-hybridized carbons (Fsp3) is 0.680. The highest BCUT2D eigenvalue weighted by molar-refractivity contribution is 6.01. The van der Waals surface area contributed by atoms with Crippen LogP contribution in [0.5, 0.6) is 11.5 Å². The van der Waals surface area contributed by atoms with Crippen molar-refractivity contribution in [3.63, 3.8) is 0 Å². The van der Waals surface area contributed by atoms with Crippen LogP contribution in [0.3, 0.4) is 0 Å². The van der Waals surface area contributed by atoms with Gasteiger partial charge >= 0.3 is 5.97 Å². The molecule has 0 unspecified atom stereocenters. The molecule has 5 rings (SSSR count). The number of cyclic esters (lactones) is 1. The van der Waals surface area contributed by atoms with Gasteiger partial charge in [0, 0.05) is 27.9 Å². The summed E-state index contributed by atoms with van der Waals surface area (Å²) in [7, 11) is 1.51. The molecule has 32 heavy (non-hydrogen) atoms. The molecule has 7 heteroatoms. The maximum atomic E-state index is 12.5. The van der Waals surface area contributed by atoms with E-state index in [4.69, 9.17) is 14.2 Å². The lowest BCUT2D eigenvalue weighted by Crippen LogP contribution is -2.73. The van der Waals surface area contributed by atoms with Gasteiger partial charge in [0.1, 0.15) is 29.3 Å². The lowest BCUT2D eigenvalue weighted by atomic mass is 9.41. The monoisotopic (exact) mass is 444 g/mol. The normalized spacial score (nSPS) is 39.0. The largest absolute Gasteiger partial charge is 0.495 e. The van der Waals surface area contributed by atoms with E-state index in [1.807, 2.05) is 13.8 Å². The van der Waals surface area contributed by atoms with Crippen molar-refractivity contribution in [2.75, 3.05) is 7.11 Å². The molecule has 2 heterocycles. The van der Waals surface area contributed by atoms with Crippen LogP contribution < -0.4 is 9.47 Å². The topological polar surface area (TPSA) is 102 Å². The maximum absolute atomic E-state index is 12.5. The average Bonchev–Trinajstić information content (AvgIpc) is 3.12. The van der Waals surface area contributed by atoms with Crippen molar-refractivity contribution in [2.24, 2.45) is 16.7 Å². The molecule has 5 atom stereocenters. The van der Waals surface area contributed by atoms with E-state index in [0.717, 1.165) is 6.29 Å². The van der Waals surface area contributed by atoms with Gasteiger partial charge in [0.15, 0.2) is 6.29 Å². The second-order valence-electron chi connectivity index (χ2n) is 11.0. The number of benzene rings is 1. The fourth-order valence-electron chi connectivity index (χ4n) is 7.42. The van der Waals surface area contributed by atoms with Gasteiger partial charge in [-0.2, -0.15) is 0 Å². The highest BCUT2D eigenvalue weighted by Crippen LogP contribution is 2.67. The number of hydrogen-bond donors (Lipinski definition) is 2. The second-order valence-corrected chi connectivity index (χ2v) is 11.0. The van der Waals surface area contributed by atoms with Crippen molar-refractivity contribution in [3.8, 4) is 11.5 Å². The Bertz CT molecular complexity index is 1030. The lowest BCUT2D eigenvalue weighted by molar-refractivity contribution is -0.286. The fourth-order valence-corrected chi connectivity index (χ4v) is 7.42. The third-order valence-corrected chi connectivity index (χ3v) is 9.53. The van der Waals surface area contributed by atoms with E-state index >= 15 is 0 Å².